The zero-order chi connectivity index (χ0) is 10.1. The van der Waals surface area contributed by atoms with Crippen molar-refractivity contribution in [2.24, 2.45) is 0 Å². The van der Waals surface area contributed by atoms with Gasteiger partial charge in [0, 0.05) is 11.1 Å². The van der Waals surface area contributed by atoms with Gasteiger partial charge in [-0.15, -0.1) is 0 Å². The van der Waals surface area contributed by atoms with E-state index in [1.54, 1.807) is 0 Å². The Kier molecular flexibility index (Phi) is 2.55. The third-order valence-electron chi connectivity index (χ3n) is 2.39. The summed E-state index contributed by atoms with van der Waals surface area (Å²) < 4.78 is 0.947. The van der Waals surface area contributed by atoms with Gasteiger partial charge in [0.25, 0.3) is 0 Å². The van der Waals surface area contributed by atoms with Crippen LogP contribution in [0, 0.1) is 6.92 Å². The summed E-state index contributed by atoms with van der Waals surface area (Å²) in [4.78, 5) is 4.39. The number of pyridine rings is 1. The molecule has 2 rings (SSSR count). The highest BCUT2D eigenvalue weighted by Gasteiger charge is 2.01. The molecule has 0 amide bonds. The normalized spacial score (nSPS) is 10.8. The highest BCUT2D eigenvalue weighted by atomic mass is 79.9. The molecule has 1 aromatic carbocycles. The number of nitrogens with zero attached hydrogens (tertiary/aromatic N) is 1. The van der Waals surface area contributed by atoms with Crippen molar-refractivity contribution in [3.05, 3.63) is 40.1 Å². The Morgan fingerprint density at radius 3 is 2.79 bits per heavy atom. The molecule has 0 aliphatic carbocycles. The number of hydrogen-bond acceptors (Lipinski definition) is 1. The quantitative estimate of drug-likeness (QED) is 0.700. The average molecular weight is 250 g/mol. The molecular formula is C12H12BrN. The third kappa shape index (κ3) is 1.67. The van der Waals surface area contributed by atoms with Crippen molar-refractivity contribution < 1.29 is 0 Å². The minimum absolute atomic E-state index is 0.947. The Morgan fingerprint density at radius 2 is 2.07 bits per heavy atom. The first kappa shape index (κ1) is 9.66. The molecule has 1 heterocycles. The van der Waals surface area contributed by atoms with E-state index in [2.05, 4.69) is 52.1 Å². The van der Waals surface area contributed by atoms with Crippen LogP contribution in [-0.2, 0) is 6.42 Å². The van der Waals surface area contributed by atoms with Gasteiger partial charge in [0.05, 0.1) is 0 Å². The van der Waals surface area contributed by atoms with E-state index in [9.17, 15) is 0 Å². The lowest BCUT2D eigenvalue weighted by Crippen LogP contribution is -1.86. The van der Waals surface area contributed by atoms with Gasteiger partial charge in [0.1, 0.15) is 4.60 Å². The molecule has 0 saturated carbocycles. The lowest BCUT2D eigenvalue weighted by molar-refractivity contribution is 1.14. The van der Waals surface area contributed by atoms with Crippen LogP contribution < -0.4 is 0 Å². The van der Waals surface area contributed by atoms with Gasteiger partial charge in [-0.3, -0.25) is 0 Å². The van der Waals surface area contributed by atoms with Crippen LogP contribution >= 0.6 is 15.9 Å². The van der Waals surface area contributed by atoms with Gasteiger partial charge in [-0.1, -0.05) is 19.1 Å². The Hall–Kier alpha value is -0.890. The van der Waals surface area contributed by atoms with Crippen LogP contribution in [0.3, 0.4) is 0 Å². The molecule has 0 saturated heterocycles. The maximum Gasteiger partial charge on any atom is 0.114 e. The van der Waals surface area contributed by atoms with Crippen LogP contribution in [0.1, 0.15) is 18.2 Å². The lowest BCUT2D eigenvalue weighted by Gasteiger charge is -2.04. The van der Waals surface area contributed by atoms with Gasteiger partial charge in [0.2, 0.25) is 0 Å². The van der Waals surface area contributed by atoms with Crippen molar-refractivity contribution in [2.45, 2.75) is 20.3 Å². The van der Waals surface area contributed by atoms with Crippen molar-refractivity contribution in [2.75, 3.05) is 0 Å². The van der Waals surface area contributed by atoms with E-state index in [1.165, 1.54) is 16.3 Å². The summed E-state index contributed by atoms with van der Waals surface area (Å²) in [6.45, 7) is 4.18. The molecule has 2 heteroatoms. The monoisotopic (exact) mass is 249 g/mol. The first-order chi connectivity index (χ1) is 6.70. The highest BCUT2D eigenvalue weighted by Crippen LogP contribution is 2.24. The van der Waals surface area contributed by atoms with E-state index in [-0.39, 0.29) is 0 Å². The molecule has 0 bridgehead atoms. The van der Waals surface area contributed by atoms with Gasteiger partial charge in [-0.2, -0.15) is 0 Å². The molecular weight excluding hydrogens is 238 g/mol. The Morgan fingerprint density at radius 1 is 1.29 bits per heavy atom. The number of aromatic nitrogens is 1. The molecule has 2 aromatic rings. The van der Waals surface area contributed by atoms with Crippen molar-refractivity contribution in [3.8, 4) is 0 Å². The lowest BCUT2D eigenvalue weighted by atomic mass is 10.1. The summed E-state index contributed by atoms with van der Waals surface area (Å²) in [5.41, 5.74) is 2.40. The second kappa shape index (κ2) is 3.70. The molecule has 0 N–H and O–H groups in total. The SMILES string of the molecule is CCc1ccc2cc(C)nc(Br)c2c1. The van der Waals surface area contributed by atoms with Crippen LogP contribution in [0.2, 0.25) is 0 Å². The number of fused-ring (bicyclic) bond motifs is 1. The first-order valence-corrected chi connectivity index (χ1v) is 5.56. The summed E-state index contributed by atoms with van der Waals surface area (Å²) >= 11 is 3.50. The Bertz CT molecular complexity index is 477. The average Bonchev–Trinajstić information content (AvgIpc) is 2.17. The molecule has 1 nitrogen and oxygen atoms in total. The van der Waals surface area contributed by atoms with Crippen LogP contribution in [0.5, 0.6) is 0 Å². The number of halogens is 1. The van der Waals surface area contributed by atoms with Crippen LogP contribution in [0.4, 0.5) is 0 Å². The van der Waals surface area contributed by atoms with Crippen molar-refractivity contribution in [1.82, 2.24) is 4.98 Å². The van der Waals surface area contributed by atoms with E-state index in [1.807, 2.05) is 6.92 Å². The maximum atomic E-state index is 4.39. The summed E-state index contributed by atoms with van der Waals surface area (Å²) in [6.07, 6.45) is 1.07. The maximum absolute atomic E-state index is 4.39. The van der Waals surface area contributed by atoms with Crippen LogP contribution in [0.15, 0.2) is 28.9 Å². The minimum Gasteiger partial charge on any atom is -0.246 e. The van der Waals surface area contributed by atoms with Gasteiger partial charge >= 0.3 is 0 Å². The first-order valence-electron chi connectivity index (χ1n) is 4.76. The van der Waals surface area contributed by atoms with E-state index >= 15 is 0 Å². The molecule has 0 aliphatic rings. The summed E-state index contributed by atoms with van der Waals surface area (Å²) in [5, 5.41) is 2.46. The smallest absolute Gasteiger partial charge is 0.114 e. The minimum atomic E-state index is 0.947. The number of rotatable bonds is 1. The van der Waals surface area contributed by atoms with Gasteiger partial charge in [0.15, 0.2) is 0 Å². The second-order valence-corrected chi connectivity index (χ2v) is 4.21. The molecule has 1 aromatic heterocycles. The third-order valence-corrected chi connectivity index (χ3v) is 2.99. The molecule has 0 fully saturated rings. The predicted molar refractivity (Wildman–Crippen MR) is 63.6 cm³/mol. The Balaban J connectivity index is 2.75. The predicted octanol–water partition coefficient (Wildman–Crippen LogP) is 3.87. The molecule has 0 spiro atoms. The van der Waals surface area contributed by atoms with E-state index in [0.29, 0.717) is 0 Å². The van der Waals surface area contributed by atoms with Crippen molar-refractivity contribution in [3.63, 3.8) is 0 Å². The van der Waals surface area contributed by atoms with E-state index in [4.69, 9.17) is 0 Å². The molecule has 0 radical (unpaired) electrons. The second-order valence-electron chi connectivity index (χ2n) is 3.46. The number of benzene rings is 1. The van der Waals surface area contributed by atoms with Crippen molar-refractivity contribution in [1.29, 1.82) is 0 Å². The molecule has 14 heavy (non-hydrogen) atoms. The largest absolute Gasteiger partial charge is 0.246 e. The molecule has 72 valence electrons. The number of aryl methyl sites for hydroxylation is 2. The zero-order valence-electron chi connectivity index (χ0n) is 8.34. The standard InChI is InChI=1S/C12H12BrN/c1-3-9-4-5-10-6-8(2)14-12(13)11(10)7-9/h4-7H,3H2,1-2H3. The van der Waals surface area contributed by atoms with E-state index in [0.717, 1.165) is 16.7 Å². The fraction of sp³-hybridized carbons (Fsp3) is 0.250. The highest BCUT2D eigenvalue weighted by molar-refractivity contribution is 9.10. The fourth-order valence-corrected chi connectivity index (χ4v) is 2.22. The van der Waals surface area contributed by atoms with Crippen LogP contribution in [0.25, 0.3) is 10.8 Å². The Labute approximate surface area is 92.3 Å². The fourth-order valence-electron chi connectivity index (χ4n) is 1.60. The summed E-state index contributed by atoms with van der Waals surface area (Å²) in [5.74, 6) is 0. The van der Waals surface area contributed by atoms with Gasteiger partial charge < -0.3 is 0 Å². The topological polar surface area (TPSA) is 12.9 Å². The molecule has 0 atom stereocenters. The van der Waals surface area contributed by atoms with Gasteiger partial charge in [-0.05, 0) is 52.4 Å². The van der Waals surface area contributed by atoms with Crippen LogP contribution in [-0.4, -0.2) is 4.98 Å². The van der Waals surface area contributed by atoms with Gasteiger partial charge in [-0.25, -0.2) is 4.98 Å². The zero-order valence-corrected chi connectivity index (χ0v) is 9.93. The summed E-state index contributed by atoms with van der Waals surface area (Å²) in [7, 11) is 0. The molecule has 0 aliphatic heterocycles. The van der Waals surface area contributed by atoms with Crippen molar-refractivity contribution >= 4 is 26.7 Å². The number of hydrogen-bond donors (Lipinski definition) is 0. The van der Waals surface area contributed by atoms with E-state index < -0.39 is 0 Å². The summed E-state index contributed by atoms with van der Waals surface area (Å²) in [6, 6.07) is 8.65. The molecule has 0 unspecified atom stereocenters.